The van der Waals surface area contributed by atoms with Crippen molar-refractivity contribution in [3.05, 3.63) is 16.9 Å². The quantitative estimate of drug-likeness (QED) is 0.841. The molecule has 1 aliphatic carbocycles. The Morgan fingerprint density at radius 1 is 1.52 bits per heavy atom. The third kappa shape index (κ3) is 2.87. The van der Waals surface area contributed by atoms with E-state index in [2.05, 4.69) is 15.3 Å². The molecule has 116 valence electrons. The molecule has 0 aromatic carbocycles. The minimum absolute atomic E-state index is 0.145. The van der Waals surface area contributed by atoms with Gasteiger partial charge < -0.3 is 10.2 Å². The highest BCUT2D eigenvalue weighted by molar-refractivity contribution is 6.33. The van der Waals surface area contributed by atoms with E-state index in [1.54, 1.807) is 10.9 Å². The molecule has 1 N–H and O–H groups in total. The van der Waals surface area contributed by atoms with Crippen LogP contribution in [0.3, 0.4) is 0 Å². The van der Waals surface area contributed by atoms with Gasteiger partial charge in [-0.05, 0) is 51.9 Å². The molecular formula is C15H23ClN4O. The van der Waals surface area contributed by atoms with Gasteiger partial charge in [-0.1, -0.05) is 11.6 Å². The van der Waals surface area contributed by atoms with Crippen LogP contribution < -0.4 is 5.32 Å². The van der Waals surface area contributed by atoms with Gasteiger partial charge in [0.25, 0.3) is 0 Å². The topological polar surface area (TPSA) is 50.2 Å². The van der Waals surface area contributed by atoms with E-state index in [-0.39, 0.29) is 17.1 Å². The summed E-state index contributed by atoms with van der Waals surface area (Å²) in [4.78, 5) is 14.9. The van der Waals surface area contributed by atoms with Gasteiger partial charge in [0.1, 0.15) is 5.69 Å². The Hall–Kier alpha value is -0.910. The minimum atomic E-state index is 0.145. The van der Waals surface area contributed by atoms with Crippen molar-refractivity contribution >= 4 is 17.4 Å². The number of nitrogens with one attached hydrogen (secondary N) is 1. The summed E-state index contributed by atoms with van der Waals surface area (Å²) in [6.07, 6.45) is 4.82. The first-order valence-electron chi connectivity index (χ1n) is 7.64. The third-order valence-corrected chi connectivity index (χ3v) is 5.17. The van der Waals surface area contributed by atoms with Crippen LogP contribution >= 0.6 is 11.6 Å². The van der Waals surface area contributed by atoms with E-state index in [0.29, 0.717) is 17.3 Å². The normalized spacial score (nSPS) is 23.7. The third-order valence-electron chi connectivity index (χ3n) is 4.89. The van der Waals surface area contributed by atoms with Crippen LogP contribution in [-0.2, 0) is 6.54 Å². The molecular weight excluding hydrogens is 288 g/mol. The number of hydrogen-bond acceptors (Lipinski definition) is 4. The van der Waals surface area contributed by atoms with Crippen LogP contribution in [0.25, 0.3) is 0 Å². The SMILES string of the molecule is CN(C)CCn1ncc(Cl)c1C(=O)C1CC12CCNCC2. The van der Waals surface area contributed by atoms with Gasteiger partial charge in [-0.3, -0.25) is 9.48 Å². The van der Waals surface area contributed by atoms with Crippen LogP contribution in [-0.4, -0.2) is 54.2 Å². The largest absolute Gasteiger partial charge is 0.317 e. The van der Waals surface area contributed by atoms with Crippen LogP contribution in [0, 0.1) is 11.3 Å². The van der Waals surface area contributed by atoms with Crippen LogP contribution in [0.2, 0.25) is 5.02 Å². The summed E-state index contributed by atoms with van der Waals surface area (Å²) < 4.78 is 1.78. The van der Waals surface area contributed by atoms with Crippen molar-refractivity contribution < 1.29 is 4.79 Å². The number of piperidine rings is 1. The Balaban J connectivity index is 1.74. The maximum absolute atomic E-state index is 12.8. The van der Waals surface area contributed by atoms with Crippen molar-refractivity contribution in [1.82, 2.24) is 20.0 Å². The van der Waals surface area contributed by atoms with Gasteiger partial charge in [0, 0.05) is 12.5 Å². The van der Waals surface area contributed by atoms with Crippen LogP contribution in [0.15, 0.2) is 6.20 Å². The number of halogens is 1. The number of ketones is 1. The lowest BCUT2D eigenvalue weighted by atomic mass is 9.90. The standard InChI is InChI=1S/C15H23ClN4O/c1-19(2)7-8-20-13(12(16)10-18-20)14(21)11-9-15(11)3-5-17-6-4-15/h10-11,17H,3-9H2,1-2H3. The number of likely N-dealkylation sites (N-methyl/N-ethyl adjacent to an activating group) is 1. The first-order chi connectivity index (χ1) is 10.0. The van der Waals surface area contributed by atoms with Crippen molar-refractivity contribution in [2.24, 2.45) is 11.3 Å². The summed E-state index contributed by atoms with van der Waals surface area (Å²) in [5.74, 6) is 0.338. The molecule has 2 aliphatic rings. The molecule has 3 rings (SSSR count). The molecule has 1 aromatic heterocycles. The Labute approximate surface area is 130 Å². The Morgan fingerprint density at radius 3 is 2.90 bits per heavy atom. The maximum Gasteiger partial charge on any atom is 0.186 e. The second kappa shape index (κ2) is 5.71. The molecule has 1 aliphatic heterocycles. The van der Waals surface area contributed by atoms with Gasteiger partial charge >= 0.3 is 0 Å². The summed E-state index contributed by atoms with van der Waals surface area (Å²) in [5.41, 5.74) is 0.849. The summed E-state index contributed by atoms with van der Waals surface area (Å²) >= 11 is 6.22. The summed E-state index contributed by atoms with van der Waals surface area (Å²) in [7, 11) is 4.02. The van der Waals surface area contributed by atoms with E-state index < -0.39 is 0 Å². The molecule has 2 fully saturated rings. The molecule has 1 atom stereocenters. The Morgan fingerprint density at radius 2 is 2.24 bits per heavy atom. The van der Waals surface area contributed by atoms with Crippen molar-refractivity contribution in [2.75, 3.05) is 33.7 Å². The number of nitrogens with zero attached hydrogens (tertiary/aromatic N) is 3. The average Bonchev–Trinajstić information content (AvgIpc) is 3.01. The van der Waals surface area contributed by atoms with Gasteiger partial charge in [-0.15, -0.1) is 0 Å². The summed E-state index contributed by atoms with van der Waals surface area (Å²) in [6.45, 7) is 3.59. The minimum Gasteiger partial charge on any atom is -0.317 e. The maximum atomic E-state index is 12.8. The lowest BCUT2D eigenvalue weighted by molar-refractivity contribution is 0.0929. The van der Waals surface area contributed by atoms with Gasteiger partial charge in [-0.2, -0.15) is 5.10 Å². The lowest BCUT2D eigenvalue weighted by Crippen LogP contribution is -2.31. The smallest absolute Gasteiger partial charge is 0.186 e. The molecule has 6 heteroatoms. The van der Waals surface area contributed by atoms with Gasteiger partial charge in [-0.25, -0.2) is 0 Å². The first kappa shape index (κ1) is 15.0. The highest BCUT2D eigenvalue weighted by Crippen LogP contribution is 2.59. The molecule has 1 spiro atoms. The molecule has 2 heterocycles. The Kier molecular flexibility index (Phi) is 4.08. The van der Waals surface area contributed by atoms with Crippen molar-refractivity contribution in [1.29, 1.82) is 0 Å². The lowest BCUT2D eigenvalue weighted by Gasteiger charge is -2.23. The monoisotopic (exact) mass is 310 g/mol. The van der Waals surface area contributed by atoms with E-state index in [1.807, 2.05) is 14.1 Å². The number of carbonyl (C=O) groups excluding carboxylic acids is 1. The number of rotatable bonds is 5. The van der Waals surface area contributed by atoms with Crippen LogP contribution in [0.1, 0.15) is 29.8 Å². The number of Topliss-reactive ketones (excluding diaryl/α,β-unsaturated/α-hetero) is 1. The van der Waals surface area contributed by atoms with E-state index >= 15 is 0 Å². The second-order valence-electron chi connectivity index (χ2n) is 6.60. The molecule has 5 nitrogen and oxygen atoms in total. The molecule has 1 unspecified atom stereocenters. The molecule has 1 saturated heterocycles. The zero-order valence-electron chi connectivity index (χ0n) is 12.7. The number of carbonyl (C=O) groups is 1. The highest BCUT2D eigenvalue weighted by atomic mass is 35.5. The van der Waals surface area contributed by atoms with Gasteiger partial charge in [0.05, 0.1) is 17.8 Å². The average molecular weight is 311 g/mol. The highest BCUT2D eigenvalue weighted by Gasteiger charge is 2.58. The van der Waals surface area contributed by atoms with E-state index in [9.17, 15) is 4.79 Å². The molecule has 0 bridgehead atoms. The van der Waals surface area contributed by atoms with Gasteiger partial charge in [0.2, 0.25) is 0 Å². The fraction of sp³-hybridized carbons (Fsp3) is 0.733. The summed E-state index contributed by atoms with van der Waals surface area (Å²) in [6, 6.07) is 0. The van der Waals surface area contributed by atoms with Gasteiger partial charge in [0.15, 0.2) is 5.78 Å². The van der Waals surface area contributed by atoms with Crippen LogP contribution in [0.4, 0.5) is 0 Å². The Bertz CT molecular complexity index is 534. The zero-order chi connectivity index (χ0) is 15.0. The van der Waals surface area contributed by atoms with E-state index in [1.165, 1.54) is 0 Å². The molecule has 21 heavy (non-hydrogen) atoms. The van der Waals surface area contributed by atoms with E-state index in [0.717, 1.165) is 38.9 Å². The van der Waals surface area contributed by atoms with Crippen LogP contribution in [0.5, 0.6) is 0 Å². The fourth-order valence-corrected chi connectivity index (χ4v) is 3.67. The fourth-order valence-electron chi connectivity index (χ4n) is 3.43. The summed E-state index contributed by atoms with van der Waals surface area (Å²) in [5, 5.41) is 8.14. The van der Waals surface area contributed by atoms with E-state index in [4.69, 9.17) is 11.6 Å². The predicted molar refractivity (Wildman–Crippen MR) is 82.8 cm³/mol. The molecule has 0 amide bonds. The second-order valence-corrected chi connectivity index (χ2v) is 7.01. The number of hydrogen-bond donors (Lipinski definition) is 1. The molecule has 1 saturated carbocycles. The molecule has 0 radical (unpaired) electrons. The number of aromatic nitrogens is 2. The zero-order valence-corrected chi connectivity index (χ0v) is 13.5. The van der Waals surface area contributed by atoms with Crippen molar-refractivity contribution in [2.45, 2.75) is 25.8 Å². The predicted octanol–water partition coefficient (Wildman–Crippen LogP) is 1.67. The molecule has 1 aromatic rings. The van der Waals surface area contributed by atoms with Crippen molar-refractivity contribution in [3.8, 4) is 0 Å². The first-order valence-corrected chi connectivity index (χ1v) is 8.02. The van der Waals surface area contributed by atoms with Crippen molar-refractivity contribution in [3.63, 3.8) is 0 Å².